The Balaban J connectivity index is 1.65. The lowest BCUT2D eigenvalue weighted by Gasteiger charge is -2.54. The third-order valence-electron chi connectivity index (χ3n) is 8.15. The van der Waals surface area contributed by atoms with Crippen molar-refractivity contribution < 1.29 is 14.0 Å². The van der Waals surface area contributed by atoms with E-state index in [1.54, 1.807) is 0 Å². The summed E-state index contributed by atoms with van der Waals surface area (Å²) < 4.78 is 13.8. The van der Waals surface area contributed by atoms with Gasteiger partial charge in [0.1, 0.15) is 11.7 Å². The highest BCUT2D eigenvalue weighted by Gasteiger charge is 2.66. The molecule has 5 atom stereocenters. The summed E-state index contributed by atoms with van der Waals surface area (Å²) in [5, 5.41) is 0.0480. The fraction of sp³-hybridized carbons (Fsp3) is 0.464. The lowest BCUT2D eigenvalue weighted by molar-refractivity contribution is -0.173. The maximum atomic E-state index is 14.1. The smallest absolute Gasteiger partial charge is 0.230 e. The highest BCUT2D eigenvalue weighted by molar-refractivity contribution is 6.74. The van der Waals surface area contributed by atoms with Crippen LogP contribution in [0, 0.1) is 5.92 Å². The van der Waals surface area contributed by atoms with Crippen molar-refractivity contribution >= 4 is 14.2 Å². The van der Waals surface area contributed by atoms with Gasteiger partial charge in [-0.05, 0) is 35.7 Å². The summed E-state index contributed by atoms with van der Waals surface area (Å²) in [6, 6.07) is 20.5. The molecule has 174 valence electrons. The molecule has 0 saturated carbocycles. The molecule has 2 fully saturated rings. The molecule has 0 unspecified atom stereocenters. The first-order valence-electron chi connectivity index (χ1n) is 12.1. The number of benzene rings is 2. The Morgan fingerprint density at radius 3 is 2.30 bits per heavy atom. The van der Waals surface area contributed by atoms with E-state index in [2.05, 4.69) is 87.3 Å². The molecule has 0 aromatic heterocycles. The summed E-state index contributed by atoms with van der Waals surface area (Å²) in [5.74, 6) is -0.0272. The van der Waals surface area contributed by atoms with Gasteiger partial charge in [-0.1, -0.05) is 93.6 Å². The fourth-order valence-electron chi connectivity index (χ4n) is 5.35. The maximum absolute atomic E-state index is 14.1. The number of hydrogen-bond acceptors (Lipinski definition) is 3. The standard InChI is InChI=1S/C28H35NO3Si/c1-27(2,3)33(4,5)32-25-24(21-14-10-7-11-15-21)29(19-20-12-8-6-9-13-20)26(30)23-18-22-16-17-28(23,25)31-22/h6-17,22-25H,18-19H2,1-5H3/t22-,23-,24+,25+,28+/m1/s1. The van der Waals surface area contributed by atoms with Crippen LogP contribution in [0.2, 0.25) is 18.1 Å². The van der Waals surface area contributed by atoms with Crippen molar-refractivity contribution in [2.45, 2.75) is 75.7 Å². The summed E-state index contributed by atoms with van der Waals surface area (Å²) in [7, 11) is -2.17. The van der Waals surface area contributed by atoms with Crippen molar-refractivity contribution in [1.29, 1.82) is 0 Å². The molecule has 2 bridgehead atoms. The zero-order valence-corrected chi connectivity index (χ0v) is 21.3. The van der Waals surface area contributed by atoms with E-state index in [1.807, 2.05) is 24.3 Å². The van der Waals surface area contributed by atoms with E-state index in [4.69, 9.17) is 9.16 Å². The summed E-state index contributed by atoms with van der Waals surface area (Å²) in [6.07, 6.45) is 4.77. The van der Waals surface area contributed by atoms with Crippen LogP contribution in [-0.4, -0.2) is 36.9 Å². The van der Waals surface area contributed by atoms with E-state index in [0.29, 0.717) is 6.54 Å². The van der Waals surface area contributed by atoms with Gasteiger partial charge in [0, 0.05) is 6.54 Å². The number of hydrogen-bond donors (Lipinski definition) is 0. The lowest BCUT2D eigenvalue weighted by atomic mass is 9.71. The van der Waals surface area contributed by atoms with Crippen molar-refractivity contribution in [2.75, 3.05) is 0 Å². The molecular weight excluding hydrogens is 426 g/mol. The number of amides is 1. The van der Waals surface area contributed by atoms with Crippen LogP contribution in [0.3, 0.4) is 0 Å². The molecule has 0 N–H and O–H groups in total. The molecule has 0 aliphatic carbocycles. The number of carbonyl (C=O) groups is 1. The number of ether oxygens (including phenoxy) is 1. The van der Waals surface area contributed by atoms with E-state index in [9.17, 15) is 4.79 Å². The van der Waals surface area contributed by atoms with E-state index in [-0.39, 0.29) is 35.1 Å². The number of rotatable bonds is 5. The van der Waals surface area contributed by atoms with Gasteiger partial charge in [-0.3, -0.25) is 4.79 Å². The lowest BCUT2D eigenvalue weighted by Crippen LogP contribution is -2.65. The quantitative estimate of drug-likeness (QED) is 0.413. The van der Waals surface area contributed by atoms with Crippen molar-refractivity contribution in [3.05, 3.63) is 83.9 Å². The largest absolute Gasteiger partial charge is 0.408 e. The van der Waals surface area contributed by atoms with Crippen LogP contribution in [0.25, 0.3) is 0 Å². The first kappa shape index (κ1) is 22.6. The second-order valence-electron chi connectivity index (χ2n) is 11.3. The number of likely N-dealkylation sites (tertiary alicyclic amines) is 1. The van der Waals surface area contributed by atoms with Gasteiger partial charge in [0.2, 0.25) is 5.91 Å². The highest BCUT2D eigenvalue weighted by atomic mass is 28.4. The van der Waals surface area contributed by atoms with Gasteiger partial charge >= 0.3 is 0 Å². The van der Waals surface area contributed by atoms with Gasteiger partial charge in [-0.15, -0.1) is 0 Å². The second-order valence-corrected chi connectivity index (χ2v) is 16.0. The summed E-state index contributed by atoms with van der Waals surface area (Å²) in [4.78, 5) is 16.1. The van der Waals surface area contributed by atoms with Gasteiger partial charge in [-0.25, -0.2) is 0 Å². The molecule has 3 heterocycles. The molecule has 2 saturated heterocycles. The zero-order valence-electron chi connectivity index (χ0n) is 20.3. The third kappa shape index (κ3) is 3.71. The maximum Gasteiger partial charge on any atom is 0.230 e. The molecule has 0 radical (unpaired) electrons. The topological polar surface area (TPSA) is 38.8 Å². The number of piperidine rings is 1. The van der Waals surface area contributed by atoms with Gasteiger partial charge in [0.15, 0.2) is 8.32 Å². The van der Waals surface area contributed by atoms with Crippen LogP contribution < -0.4 is 0 Å². The second kappa shape index (κ2) is 7.93. The first-order valence-corrected chi connectivity index (χ1v) is 15.0. The Morgan fingerprint density at radius 2 is 1.70 bits per heavy atom. The molecular formula is C28H35NO3Si. The summed E-state index contributed by atoms with van der Waals surface area (Å²) >= 11 is 0. The van der Waals surface area contributed by atoms with Crippen LogP contribution >= 0.6 is 0 Å². The molecule has 1 spiro atoms. The van der Waals surface area contributed by atoms with E-state index < -0.39 is 13.9 Å². The zero-order chi connectivity index (χ0) is 23.4. The monoisotopic (exact) mass is 461 g/mol. The number of carbonyl (C=O) groups excluding carboxylic acids is 1. The fourth-order valence-corrected chi connectivity index (χ4v) is 6.65. The van der Waals surface area contributed by atoms with Crippen molar-refractivity contribution in [3.8, 4) is 0 Å². The third-order valence-corrected chi connectivity index (χ3v) is 12.6. The average Bonchev–Trinajstić information content (AvgIpc) is 3.37. The van der Waals surface area contributed by atoms with Crippen LogP contribution in [0.5, 0.6) is 0 Å². The Hall–Kier alpha value is -2.21. The van der Waals surface area contributed by atoms with E-state index >= 15 is 0 Å². The van der Waals surface area contributed by atoms with Gasteiger partial charge in [0.25, 0.3) is 0 Å². The molecule has 1 amide bonds. The molecule has 4 nitrogen and oxygen atoms in total. The predicted molar refractivity (Wildman–Crippen MR) is 133 cm³/mol. The molecule has 2 aromatic carbocycles. The van der Waals surface area contributed by atoms with Crippen molar-refractivity contribution in [1.82, 2.24) is 4.90 Å². The first-order chi connectivity index (χ1) is 15.6. The molecule has 3 aliphatic heterocycles. The van der Waals surface area contributed by atoms with Crippen LogP contribution in [-0.2, 0) is 20.5 Å². The molecule has 2 aromatic rings. The molecule has 3 aliphatic rings. The van der Waals surface area contributed by atoms with Gasteiger partial charge < -0.3 is 14.1 Å². The predicted octanol–water partition coefficient (Wildman–Crippen LogP) is 5.87. The SMILES string of the molecule is CC(C)(C)[Si](C)(C)O[C@H]1[C@H](c2ccccc2)N(Cc2ccccc2)C(=O)[C@H]2C[C@H]3C=C[C@]21O3. The minimum atomic E-state index is -2.17. The van der Waals surface area contributed by atoms with Crippen LogP contribution in [0.15, 0.2) is 72.8 Å². The summed E-state index contributed by atoms with van der Waals surface area (Å²) in [6.45, 7) is 12.0. The Bertz CT molecular complexity index is 1050. The van der Waals surface area contributed by atoms with E-state index in [0.717, 1.165) is 17.5 Å². The average molecular weight is 462 g/mol. The highest BCUT2D eigenvalue weighted by Crippen LogP contribution is 2.56. The molecule has 5 rings (SSSR count). The minimum Gasteiger partial charge on any atom is -0.408 e. The number of fused-ring (bicyclic) bond motifs is 1. The number of nitrogens with zero attached hydrogens (tertiary/aromatic N) is 1. The Morgan fingerprint density at radius 1 is 1.06 bits per heavy atom. The van der Waals surface area contributed by atoms with E-state index in [1.165, 1.54) is 0 Å². The van der Waals surface area contributed by atoms with Gasteiger partial charge in [0.05, 0.1) is 18.1 Å². The van der Waals surface area contributed by atoms with Crippen LogP contribution in [0.4, 0.5) is 0 Å². The Kier molecular flexibility index (Phi) is 5.43. The van der Waals surface area contributed by atoms with Crippen LogP contribution in [0.1, 0.15) is 44.4 Å². The van der Waals surface area contributed by atoms with Crippen molar-refractivity contribution in [3.63, 3.8) is 0 Å². The molecule has 5 heteroatoms. The molecule has 33 heavy (non-hydrogen) atoms. The van der Waals surface area contributed by atoms with Crippen molar-refractivity contribution in [2.24, 2.45) is 5.92 Å². The summed E-state index contributed by atoms with van der Waals surface area (Å²) in [5.41, 5.74) is 1.55. The van der Waals surface area contributed by atoms with Gasteiger partial charge in [-0.2, -0.15) is 0 Å². The normalized spacial score (nSPS) is 31.2. The minimum absolute atomic E-state index is 0.00226. The Labute approximate surface area is 198 Å².